The summed E-state index contributed by atoms with van der Waals surface area (Å²) >= 11 is 7.29. The molecule has 0 radical (unpaired) electrons. The molecule has 0 unspecified atom stereocenters. The highest BCUT2D eigenvalue weighted by atomic mass is 35.5. The van der Waals surface area contributed by atoms with Crippen molar-refractivity contribution in [1.29, 1.82) is 0 Å². The number of rotatable bonds is 10. The van der Waals surface area contributed by atoms with Gasteiger partial charge in [0.1, 0.15) is 17.4 Å². The molecule has 0 bridgehead atoms. The normalized spacial score (nSPS) is 22.3. The van der Waals surface area contributed by atoms with Crippen molar-refractivity contribution in [2.45, 2.75) is 89.7 Å². The second-order valence-corrected chi connectivity index (χ2v) is 15.0. The molecule has 10 heteroatoms. The van der Waals surface area contributed by atoms with E-state index in [9.17, 15) is 23.5 Å². The standard InChI is InChI=1S/C33H38ClF2N3O3S/c1-20-11-21(13-22(34)12-20)31(2,3)15-25(40)16-33(18-39(19-33)24-7-9-32(4,42)10-8-24)17-28(41)30-38-37-29(43-30)26-6-5-23(35)14-27(26)36/h5-6,11-14,24,42H,7-10,15-19H2,1-4H3. The van der Waals surface area contributed by atoms with E-state index in [1.807, 2.05) is 39.8 Å². The van der Waals surface area contributed by atoms with Gasteiger partial charge in [-0.25, -0.2) is 8.78 Å². The van der Waals surface area contributed by atoms with Crippen molar-refractivity contribution in [1.82, 2.24) is 15.1 Å². The van der Waals surface area contributed by atoms with Crippen molar-refractivity contribution in [2.75, 3.05) is 13.1 Å². The monoisotopic (exact) mass is 629 g/mol. The van der Waals surface area contributed by atoms with Gasteiger partial charge in [0.05, 0.1) is 5.60 Å². The van der Waals surface area contributed by atoms with Crippen molar-refractivity contribution in [3.8, 4) is 10.6 Å². The highest BCUT2D eigenvalue weighted by molar-refractivity contribution is 7.16. The Morgan fingerprint density at radius 1 is 1.09 bits per heavy atom. The lowest BCUT2D eigenvalue weighted by Gasteiger charge is -2.54. The Morgan fingerprint density at radius 2 is 1.79 bits per heavy atom. The van der Waals surface area contributed by atoms with E-state index >= 15 is 0 Å². The van der Waals surface area contributed by atoms with E-state index in [0.29, 0.717) is 30.6 Å². The SMILES string of the molecule is Cc1cc(Cl)cc(C(C)(C)CC(=O)CC2(CC(=O)c3nnc(-c4ccc(F)cc4F)s3)CN(C3CCC(C)(O)CC3)C2)c1. The summed E-state index contributed by atoms with van der Waals surface area (Å²) in [6.45, 7) is 9.12. The number of carbonyl (C=O) groups is 2. The van der Waals surface area contributed by atoms with Gasteiger partial charge in [-0.15, -0.1) is 10.2 Å². The molecule has 1 saturated heterocycles. The van der Waals surface area contributed by atoms with Crippen LogP contribution < -0.4 is 0 Å². The summed E-state index contributed by atoms with van der Waals surface area (Å²) in [5.41, 5.74) is 0.474. The Balaban J connectivity index is 1.32. The lowest BCUT2D eigenvalue weighted by atomic mass is 9.68. The number of ketones is 2. The second-order valence-electron chi connectivity index (χ2n) is 13.6. The topological polar surface area (TPSA) is 83.4 Å². The van der Waals surface area contributed by atoms with Crippen LogP contribution in [0, 0.1) is 24.0 Å². The number of halogens is 3. The molecule has 230 valence electrons. The molecule has 1 aromatic heterocycles. The number of aliphatic hydroxyl groups is 1. The molecule has 0 spiro atoms. The van der Waals surface area contributed by atoms with Crippen LogP contribution >= 0.6 is 22.9 Å². The summed E-state index contributed by atoms with van der Waals surface area (Å²) in [4.78, 5) is 29.5. The van der Waals surface area contributed by atoms with Crippen LogP contribution in [0.25, 0.3) is 10.6 Å². The summed E-state index contributed by atoms with van der Waals surface area (Å²) in [7, 11) is 0. The average molecular weight is 630 g/mol. The average Bonchev–Trinajstić information content (AvgIpc) is 3.36. The fourth-order valence-electron chi connectivity index (χ4n) is 6.68. The van der Waals surface area contributed by atoms with Crippen LogP contribution in [-0.4, -0.2) is 56.5 Å². The van der Waals surface area contributed by atoms with Gasteiger partial charge in [0.2, 0.25) is 0 Å². The summed E-state index contributed by atoms with van der Waals surface area (Å²) in [5, 5.41) is 19.4. The van der Waals surface area contributed by atoms with Gasteiger partial charge in [-0.2, -0.15) is 0 Å². The molecular formula is C33H38ClF2N3O3S. The van der Waals surface area contributed by atoms with Gasteiger partial charge in [0.25, 0.3) is 0 Å². The predicted octanol–water partition coefficient (Wildman–Crippen LogP) is 7.34. The minimum atomic E-state index is -0.768. The highest BCUT2D eigenvalue weighted by Crippen LogP contribution is 2.45. The van der Waals surface area contributed by atoms with Gasteiger partial charge in [-0.1, -0.05) is 42.9 Å². The first kappa shape index (κ1) is 31.8. The third-order valence-electron chi connectivity index (χ3n) is 9.02. The van der Waals surface area contributed by atoms with E-state index in [4.69, 9.17) is 11.6 Å². The molecule has 5 rings (SSSR count). The number of carbonyl (C=O) groups excluding carboxylic acids is 2. The van der Waals surface area contributed by atoms with Crippen LogP contribution in [0.1, 0.15) is 86.6 Å². The Hall–Kier alpha value is -2.59. The minimum absolute atomic E-state index is 0.0768. The fourth-order valence-corrected chi connectivity index (χ4v) is 7.77. The third kappa shape index (κ3) is 7.39. The van der Waals surface area contributed by atoms with E-state index in [-0.39, 0.29) is 40.0 Å². The molecule has 6 nitrogen and oxygen atoms in total. The number of likely N-dealkylation sites (tertiary alicyclic amines) is 1. The van der Waals surface area contributed by atoms with Gasteiger partial charge < -0.3 is 5.11 Å². The Kier molecular flexibility index (Phi) is 8.93. The molecular weight excluding hydrogens is 592 g/mol. The molecule has 1 saturated carbocycles. The summed E-state index contributed by atoms with van der Waals surface area (Å²) in [6, 6.07) is 9.35. The molecule has 1 aliphatic carbocycles. The first-order chi connectivity index (χ1) is 20.1. The van der Waals surface area contributed by atoms with Crippen LogP contribution in [0.15, 0.2) is 36.4 Å². The Morgan fingerprint density at radius 3 is 2.44 bits per heavy atom. The zero-order valence-corrected chi connectivity index (χ0v) is 26.6. The molecule has 2 aliphatic rings. The van der Waals surface area contributed by atoms with E-state index in [1.54, 1.807) is 0 Å². The maximum absolute atomic E-state index is 14.3. The third-order valence-corrected chi connectivity index (χ3v) is 10.2. The van der Waals surface area contributed by atoms with Gasteiger partial charge in [0, 0.05) is 60.5 Å². The Bertz CT molecular complexity index is 1500. The van der Waals surface area contributed by atoms with E-state index < -0.39 is 28.1 Å². The predicted molar refractivity (Wildman–Crippen MR) is 165 cm³/mol. The number of aromatic nitrogens is 2. The van der Waals surface area contributed by atoms with Crippen molar-refractivity contribution in [3.63, 3.8) is 0 Å². The van der Waals surface area contributed by atoms with Crippen molar-refractivity contribution >= 4 is 34.5 Å². The van der Waals surface area contributed by atoms with E-state index in [0.717, 1.165) is 60.3 Å². The number of nitrogens with zero attached hydrogens (tertiary/aromatic N) is 3. The molecule has 2 aromatic carbocycles. The molecule has 2 fully saturated rings. The summed E-state index contributed by atoms with van der Waals surface area (Å²) < 4.78 is 27.7. The molecule has 3 aromatic rings. The van der Waals surface area contributed by atoms with E-state index in [1.165, 1.54) is 6.07 Å². The number of hydrogen-bond donors (Lipinski definition) is 1. The number of hydrogen-bond acceptors (Lipinski definition) is 7. The smallest absolute Gasteiger partial charge is 0.194 e. The molecule has 1 N–H and O–H groups in total. The first-order valence-corrected chi connectivity index (χ1v) is 15.9. The molecule has 43 heavy (non-hydrogen) atoms. The fraction of sp³-hybridized carbons (Fsp3) is 0.515. The second kappa shape index (κ2) is 12.1. The van der Waals surface area contributed by atoms with Gasteiger partial charge in [0.15, 0.2) is 15.8 Å². The summed E-state index contributed by atoms with van der Waals surface area (Å²) in [6.07, 6.45) is 3.86. The van der Waals surface area contributed by atoms with Crippen molar-refractivity contribution < 1.29 is 23.5 Å². The quantitative estimate of drug-likeness (QED) is 0.236. The number of benzene rings is 2. The molecule has 0 amide bonds. The molecule has 0 atom stereocenters. The zero-order chi connectivity index (χ0) is 31.2. The highest BCUT2D eigenvalue weighted by Gasteiger charge is 2.49. The van der Waals surface area contributed by atoms with Crippen LogP contribution in [0.3, 0.4) is 0 Å². The number of Topliss-reactive ketones (excluding diaryl/α,β-unsaturated/α-hetero) is 2. The van der Waals surface area contributed by atoms with Crippen molar-refractivity contribution in [2.24, 2.45) is 5.41 Å². The summed E-state index contributed by atoms with van der Waals surface area (Å²) in [5.74, 6) is -1.63. The Labute approximate surface area is 260 Å². The zero-order valence-electron chi connectivity index (χ0n) is 25.1. The maximum Gasteiger partial charge on any atom is 0.194 e. The molecule has 1 aliphatic heterocycles. The lowest BCUT2D eigenvalue weighted by molar-refractivity contribution is -0.128. The maximum atomic E-state index is 14.3. The van der Waals surface area contributed by atoms with Crippen LogP contribution in [0.5, 0.6) is 0 Å². The lowest BCUT2D eigenvalue weighted by Crippen LogP contribution is -2.62. The minimum Gasteiger partial charge on any atom is -0.390 e. The van der Waals surface area contributed by atoms with Crippen LogP contribution in [0.4, 0.5) is 8.78 Å². The number of aryl methyl sites for hydroxylation is 1. The van der Waals surface area contributed by atoms with Gasteiger partial charge in [-0.3, -0.25) is 14.5 Å². The van der Waals surface area contributed by atoms with Crippen LogP contribution in [0.2, 0.25) is 5.02 Å². The van der Waals surface area contributed by atoms with E-state index in [2.05, 4.69) is 21.2 Å². The molecule has 2 heterocycles. The van der Waals surface area contributed by atoms with Gasteiger partial charge in [-0.05, 0) is 80.3 Å². The first-order valence-electron chi connectivity index (χ1n) is 14.7. The largest absolute Gasteiger partial charge is 0.390 e. The van der Waals surface area contributed by atoms with Crippen molar-refractivity contribution in [3.05, 3.63) is 69.2 Å². The van der Waals surface area contributed by atoms with Crippen LogP contribution in [-0.2, 0) is 10.2 Å². The van der Waals surface area contributed by atoms with Gasteiger partial charge >= 0.3 is 0 Å².